The molecule has 0 amide bonds. The van der Waals surface area contributed by atoms with Gasteiger partial charge in [0, 0.05) is 17.7 Å². The van der Waals surface area contributed by atoms with Gasteiger partial charge in [0.2, 0.25) is 0 Å². The molecule has 0 radical (unpaired) electrons. The molecular formula is C7H11ClN2O2S2. The minimum Gasteiger partial charge on any atom is -0.358 e. The lowest BCUT2D eigenvalue weighted by Gasteiger charge is -2.10. The zero-order valence-electron chi connectivity index (χ0n) is 7.82. The van der Waals surface area contributed by atoms with E-state index in [4.69, 9.17) is 11.6 Å². The molecule has 0 bridgehead atoms. The van der Waals surface area contributed by atoms with E-state index in [2.05, 4.69) is 10.3 Å². The Hall–Kier alpha value is -0.330. The zero-order valence-corrected chi connectivity index (χ0v) is 10.2. The van der Waals surface area contributed by atoms with Crippen molar-refractivity contribution in [2.24, 2.45) is 0 Å². The summed E-state index contributed by atoms with van der Waals surface area (Å²) < 4.78 is 21.9. The molecule has 1 heterocycles. The molecule has 0 aliphatic carbocycles. The number of anilines is 1. The second-order valence-corrected chi connectivity index (χ2v) is 6.54. The summed E-state index contributed by atoms with van der Waals surface area (Å²) in [5, 5.41) is 5.72. The van der Waals surface area contributed by atoms with Gasteiger partial charge in [0.15, 0.2) is 5.13 Å². The number of sulfone groups is 1. The summed E-state index contributed by atoms with van der Waals surface area (Å²) >= 11 is 6.97. The lowest BCUT2D eigenvalue weighted by molar-refractivity contribution is 0.598. The van der Waals surface area contributed by atoms with Crippen LogP contribution in [-0.2, 0) is 9.84 Å². The van der Waals surface area contributed by atoms with Gasteiger partial charge in [-0.1, -0.05) is 11.6 Å². The van der Waals surface area contributed by atoms with Crippen LogP contribution in [0.15, 0.2) is 5.38 Å². The molecule has 14 heavy (non-hydrogen) atoms. The van der Waals surface area contributed by atoms with Crippen LogP contribution >= 0.6 is 22.9 Å². The zero-order chi connectivity index (χ0) is 10.8. The largest absolute Gasteiger partial charge is 0.358 e. The molecule has 0 saturated heterocycles. The van der Waals surface area contributed by atoms with Gasteiger partial charge in [0.25, 0.3) is 0 Å². The number of rotatable bonds is 4. The molecular weight excluding hydrogens is 244 g/mol. The van der Waals surface area contributed by atoms with E-state index in [-0.39, 0.29) is 11.8 Å². The third-order valence-corrected chi connectivity index (χ3v) is 3.60. The Bertz CT molecular complexity index is 402. The van der Waals surface area contributed by atoms with E-state index < -0.39 is 9.84 Å². The minimum absolute atomic E-state index is 0.0875. The van der Waals surface area contributed by atoms with Crippen LogP contribution in [0.25, 0.3) is 0 Å². The van der Waals surface area contributed by atoms with E-state index in [1.165, 1.54) is 17.6 Å². The van der Waals surface area contributed by atoms with E-state index in [1.54, 1.807) is 12.3 Å². The molecule has 0 fully saturated rings. The second-order valence-electron chi connectivity index (χ2n) is 3.11. The molecule has 1 aromatic heterocycles. The average Bonchev–Trinajstić information content (AvgIpc) is 2.30. The number of hydrogen-bond acceptors (Lipinski definition) is 5. The smallest absolute Gasteiger partial charge is 0.184 e. The number of thiazole rings is 1. The van der Waals surface area contributed by atoms with Gasteiger partial charge < -0.3 is 5.32 Å². The summed E-state index contributed by atoms with van der Waals surface area (Å²) in [7, 11) is -2.96. The molecule has 1 unspecified atom stereocenters. The van der Waals surface area contributed by atoms with E-state index >= 15 is 0 Å². The highest BCUT2D eigenvalue weighted by molar-refractivity contribution is 7.90. The SMILES string of the molecule is CC(CS(C)(=O)=O)Nc1nc(Cl)cs1. The molecule has 0 spiro atoms. The molecule has 1 N–H and O–H groups in total. The maximum absolute atomic E-state index is 11.0. The minimum atomic E-state index is -2.96. The first-order valence-electron chi connectivity index (χ1n) is 3.92. The highest BCUT2D eigenvalue weighted by Crippen LogP contribution is 2.19. The summed E-state index contributed by atoms with van der Waals surface area (Å²) in [4.78, 5) is 3.96. The van der Waals surface area contributed by atoms with Gasteiger partial charge in [-0.3, -0.25) is 0 Å². The van der Waals surface area contributed by atoms with Crippen molar-refractivity contribution in [3.05, 3.63) is 10.5 Å². The molecule has 0 aromatic carbocycles. The van der Waals surface area contributed by atoms with Crippen molar-refractivity contribution < 1.29 is 8.42 Å². The van der Waals surface area contributed by atoms with Gasteiger partial charge in [0.1, 0.15) is 15.0 Å². The number of nitrogens with zero attached hydrogens (tertiary/aromatic N) is 1. The Morgan fingerprint density at radius 2 is 2.36 bits per heavy atom. The molecule has 0 aliphatic rings. The van der Waals surface area contributed by atoms with Crippen molar-refractivity contribution in [2.45, 2.75) is 13.0 Å². The normalized spacial score (nSPS) is 13.9. The van der Waals surface area contributed by atoms with Crippen molar-refractivity contribution in [2.75, 3.05) is 17.3 Å². The van der Waals surface area contributed by atoms with Gasteiger partial charge in [0.05, 0.1) is 5.75 Å². The van der Waals surface area contributed by atoms with Crippen LogP contribution in [0, 0.1) is 0 Å². The third-order valence-electron chi connectivity index (χ3n) is 1.40. The molecule has 1 rings (SSSR count). The Morgan fingerprint density at radius 3 is 2.79 bits per heavy atom. The fourth-order valence-electron chi connectivity index (χ4n) is 1.03. The maximum Gasteiger partial charge on any atom is 0.184 e. The van der Waals surface area contributed by atoms with E-state index in [0.29, 0.717) is 10.3 Å². The number of nitrogens with one attached hydrogen (secondary N) is 1. The first-order valence-corrected chi connectivity index (χ1v) is 7.24. The van der Waals surface area contributed by atoms with Crippen molar-refractivity contribution >= 4 is 37.9 Å². The summed E-state index contributed by atoms with van der Waals surface area (Å²) in [6.45, 7) is 1.79. The number of aromatic nitrogens is 1. The predicted octanol–water partition coefficient (Wildman–Crippen LogP) is 1.64. The fourth-order valence-corrected chi connectivity index (χ4v) is 2.97. The van der Waals surface area contributed by atoms with Crippen molar-refractivity contribution in [1.82, 2.24) is 4.98 Å². The molecule has 4 nitrogen and oxygen atoms in total. The summed E-state index contributed by atoms with van der Waals surface area (Å²) in [6.07, 6.45) is 1.21. The van der Waals surface area contributed by atoms with Crippen LogP contribution in [0.4, 0.5) is 5.13 Å². The van der Waals surface area contributed by atoms with E-state index in [0.717, 1.165) is 0 Å². The highest BCUT2D eigenvalue weighted by Gasteiger charge is 2.11. The number of halogens is 1. The Labute approximate surface area is 92.2 Å². The van der Waals surface area contributed by atoms with Gasteiger partial charge in [-0.25, -0.2) is 13.4 Å². The van der Waals surface area contributed by atoms with Gasteiger partial charge >= 0.3 is 0 Å². The first kappa shape index (κ1) is 11.7. The standard InChI is InChI=1S/C7H11ClN2O2S2/c1-5(4-14(2,11)12)9-7-10-6(8)3-13-7/h3,5H,4H2,1-2H3,(H,9,10). The first-order chi connectivity index (χ1) is 6.37. The van der Waals surface area contributed by atoms with Crippen LogP contribution in [0.1, 0.15) is 6.92 Å². The van der Waals surface area contributed by atoms with Crippen LogP contribution in [-0.4, -0.2) is 31.5 Å². The van der Waals surface area contributed by atoms with Gasteiger partial charge in [-0.15, -0.1) is 11.3 Å². The highest BCUT2D eigenvalue weighted by atomic mass is 35.5. The molecule has 0 saturated carbocycles. The fraction of sp³-hybridized carbons (Fsp3) is 0.571. The maximum atomic E-state index is 11.0. The Morgan fingerprint density at radius 1 is 1.71 bits per heavy atom. The second kappa shape index (κ2) is 4.46. The van der Waals surface area contributed by atoms with Gasteiger partial charge in [-0.2, -0.15) is 0 Å². The van der Waals surface area contributed by atoms with Crippen molar-refractivity contribution in [3.63, 3.8) is 0 Å². The topological polar surface area (TPSA) is 59.1 Å². The monoisotopic (exact) mass is 254 g/mol. The lowest BCUT2D eigenvalue weighted by Crippen LogP contribution is -2.24. The average molecular weight is 255 g/mol. The predicted molar refractivity (Wildman–Crippen MR) is 59.9 cm³/mol. The molecule has 80 valence electrons. The quantitative estimate of drug-likeness (QED) is 0.888. The van der Waals surface area contributed by atoms with Crippen LogP contribution in [0.2, 0.25) is 5.15 Å². The van der Waals surface area contributed by atoms with Crippen molar-refractivity contribution in [1.29, 1.82) is 0 Å². The van der Waals surface area contributed by atoms with Crippen LogP contribution in [0.5, 0.6) is 0 Å². The summed E-state index contributed by atoms with van der Waals surface area (Å²) in [5.41, 5.74) is 0. The summed E-state index contributed by atoms with van der Waals surface area (Å²) in [5.74, 6) is 0.0875. The summed E-state index contributed by atoms with van der Waals surface area (Å²) in [6, 6.07) is -0.160. The third kappa shape index (κ3) is 4.26. The van der Waals surface area contributed by atoms with Gasteiger partial charge in [-0.05, 0) is 6.92 Å². The molecule has 7 heteroatoms. The Kier molecular flexibility index (Phi) is 3.74. The number of hydrogen-bond donors (Lipinski definition) is 1. The molecule has 1 aromatic rings. The van der Waals surface area contributed by atoms with Crippen LogP contribution < -0.4 is 5.32 Å². The van der Waals surface area contributed by atoms with Crippen LogP contribution in [0.3, 0.4) is 0 Å². The molecule has 1 atom stereocenters. The van der Waals surface area contributed by atoms with Crippen molar-refractivity contribution in [3.8, 4) is 0 Å². The lowest BCUT2D eigenvalue weighted by atomic mass is 10.4. The molecule has 0 aliphatic heterocycles. The van der Waals surface area contributed by atoms with E-state index in [1.807, 2.05) is 0 Å². The van der Waals surface area contributed by atoms with E-state index in [9.17, 15) is 8.42 Å². The Balaban J connectivity index is 2.53.